The summed E-state index contributed by atoms with van der Waals surface area (Å²) in [7, 11) is 2.51. The van der Waals surface area contributed by atoms with Crippen LogP contribution in [0.1, 0.15) is 26.5 Å². The van der Waals surface area contributed by atoms with Crippen molar-refractivity contribution in [1.82, 2.24) is 14.8 Å². The van der Waals surface area contributed by atoms with E-state index in [-0.39, 0.29) is 22.6 Å². The first-order chi connectivity index (χ1) is 13.0. The summed E-state index contributed by atoms with van der Waals surface area (Å²) in [6, 6.07) is 10.5. The Morgan fingerprint density at radius 1 is 1.22 bits per heavy atom. The fourth-order valence-electron chi connectivity index (χ4n) is 2.62. The maximum atomic E-state index is 12.1. The average Bonchev–Trinajstić information content (AvgIpc) is 3.32. The second-order valence-electron chi connectivity index (χ2n) is 5.49. The number of carbonyl (C=O) groups is 2. The lowest BCUT2D eigenvalue weighted by Crippen LogP contribution is -2.11. The SMILES string of the molecule is COC(=O)c1cc(-c2cccc(-n3cc(C#N)c(N)c3C(=O)OC)c2)n[nH]1. The predicted octanol–water partition coefficient (Wildman–Crippen LogP) is 1.89. The van der Waals surface area contributed by atoms with Crippen LogP contribution in [-0.4, -0.2) is 40.9 Å². The molecular weight excluding hydrogens is 350 g/mol. The Bertz CT molecular complexity index is 1070. The Hall–Kier alpha value is -4.06. The molecule has 1 aromatic carbocycles. The van der Waals surface area contributed by atoms with Crippen molar-refractivity contribution in [3.05, 3.63) is 53.5 Å². The number of benzene rings is 1. The number of carbonyl (C=O) groups excluding carboxylic acids is 2. The molecule has 2 aromatic heterocycles. The summed E-state index contributed by atoms with van der Waals surface area (Å²) >= 11 is 0. The topological polar surface area (TPSA) is 136 Å². The average molecular weight is 365 g/mol. The van der Waals surface area contributed by atoms with Crippen LogP contribution in [0, 0.1) is 11.3 Å². The lowest BCUT2D eigenvalue weighted by Gasteiger charge is -2.09. The van der Waals surface area contributed by atoms with Gasteiger partial charge in [-0.25, -0.2) is 9.59 Å². The van der Waals surface area contributed by atoms with Crippen molar-refractivity contribution in [2.24, 2.45) is 0 Å². The van der Waals surface area contributed by atoms with Crippen LogP contribution in [0.4, 0.5) is 5.69 Å². The number of nitrogens with one attached hydrogen (secondary N) is 1. The van der Waals surface area contributed by atoms with Gasteiger partial charge >= 0.3 is 11.9 Å². The lowest BCUT2D eigenvalue weighted by atomic mass is 10.1. The number of anilines is 1. The first-order valence-corrected chi connectivity index (χ1v) is 7.74. The van der Waals surface area contributed by atoms with Crippen LogP contribution in [0.3, 0.4) is 0 Å². The summed E-state index contributed by atoms with van der Waals surface area (Å²) in [5.74, 6) is -1.19. The third kappa shape index (κ3) is 3.11. The minimum absolute atomic E-state index is 0.0440. The molecule has 27 heavy (non-hydrogen) atoms. The summed E-state index contributed by atoms with van der Waals surface area (Å²) in [5, 5.41) is 15.9. The molecule has 3 aromatic rings. The van der Waals surface area contributed by atoms with E-state index >= 15 is 0 Å². The van der Waals surface area contributed by atoms with Crippen molar-refractivity contribution >= 4 is 17.6 Å². The molecular formula is C18H15N5O4. The molecule has 0 spiro atoms. The van der Waals surface area contributed by atoms with Gasteiger partial charge in [0.1, 0.15) is 11.8 Å². The standard InChI is InChI=1S/C18H15N5O4/c1-26-17(24)14-7-13(21-22-14)10-4-3-5-12(6-10)23-9-11(8-19)15(20)16(23)18(25)27-2/h3-7,9H,20H2,1-2H3,(H,21,22). The van der Waals surface area contributed by atoms with E-state index in [2.05, 4.69) is 14.9 Å². The van der Waals surface area contributed by atoms with Gasteiger partial charge in [-0.15, -0.1) is 0 Å². The van der Waals surface area contributed by atoms with Crippen LogP contribution in [-0.2, 0) is 9.47 Å². The number of ether oxygens (including phenoxy) is 2. The first kappa shape index (κ1) is 17.8. The molecule has 0 aliphatic rings. The number of aromatic nitrogens is 3. The third-order valence-electron chi connectivity index (χ3n) is 3.95. The van der Waals surface area contributed by atoms with Crippen LogP contribution in [0.2, 0.25) is 0 Å². The number of rotatable bonds is 4. The van der Waals surface area contributed by atoms with E-state index in [0.717, 1.165) is 0 Å². The zero-order valence-electron chi connectivity index (χ0n) is 14.5. The zero-order chi connectivity index (χ0) is 19.6. The fourth-order valence-corrected chi connectivity index (χ4v) is 2.62. The van der Waals surface area contributed by atoms with Crippen molar-refractivity contribution < 1.29 is 19.1 Å². The minimum Gasteiger partial charge on any atom is -0.464 e. The summed E-state index contributed by atoms with van der Waals surface area (Å²) in [6.07, 6.45) is 1.46. The second kappa shape index (κ2) is 7.05. The molecule has 2 heterocycles. The van der Waals surface area contributed by atoms with Gasteiger partial charge in [-0.05, 0) is 18.2 Å². The van der Waals surface area contributed by atoms with Gasteiger partial charge in [0.15, 0.2) is 5.69 Å². The number of hydrogen-bond donors (Lipinski definition) is 2. The maximum absolute atomic E-state index is 12.1. The van der Waals surface area contributed by atoms with Crippen LogP contribution >= 0.6 is 0 Å². The zero-order valence-corrected chi connectivity index (χ0v) is 14.5. The van der Waals surface area contributed by atoms with E-state index in [1.54, 1.807) is 30.3 Å². The molecule has 9 nitrogen and oxygen atoms in total. The van der Waals surface area contributed by atoms with E-state index < -0.39 is 11.9 Å². The van der Waals surface area contributed by atoms with Gasteiger partial charge in [0.25, 0.3) is 0 Å². The molecule has 3 rings (SSSR count). The van der Waals surface area contributed by atoms with E-state index in [0.29, 0.717) is 16.9 Å². The lowest BCUT2D eigenvalue weighted by molar-refractivity contribution is 0.0584. The van der Waals surface area contributed by atoms with Gasteiger partial charge in [0, 0.05) is 17.4 Å². The summed E-state index contributed by atoms with van der Waals surface area (Å²) < 4.78 is 10.9. The molecule has 0 saturated heterocycles. The summed E-state index contributed by atoms with van der Waals surface area (Å²) in [4.78, 5) is 23.7. The predicted molar refractivity (Wildman–Crippen MR) is 95.2 cm³/mol. The van der Waals surface area contributed by atoms with Gasteiger partial charge in [0.05, 0.1) is 31.2 Å². The molecule has 0 radical (unpaired) electrons. The second-order valence-corrected chi connectivity index (χ2v) is 5.49. The van der Waals surface area contributed by atoms with E-state index in [1.165, 1.54) is 25.0 Å². The monoisotopic (exact) mass is 365 g/mol. The summed E-state index contributed by atoms with van der Waals surface area (Å²) in [6.45, 7) is 0. The molecule has 0 fully saturated rings. The normalized spacial score (nSPS) is 10.3. The van der Waals surface area contributed by atoms with Crippen molar-refractivity contribution in [2.45, 2.75) is 0 Å². The highest BCUT2D eigenvalue weighted by Gasteiger charge is 2.22. The summed E-state index contributed by atoms with van der Waals surface area (Å²) in [5.41, 5.74) is 8.16. The molecule has 0 aliphatic carbocycles. The molecule has 0 aliphatic heterocycles. The number of esters is 2. The quantitative estimate of drug-likeness (QED) is 0.674. The molecule has 0 bridgehead atoms. The number of H-pyrrole nitrogens is 1. The molecule has 0 unspecified atom stereocenters. The largest absolute Gasteiger partial charge is 0.464 e. The smallest absolute Gasteiger partial charge is 0.357 e. The van der Waals surface area contributed by atoms with Crippen LogP contribution in [0.25, 0.3) is 16.9 Å². The van der Waals surface area contributed by atoms with Crippen molar-refractivity contribution in [3.8, 4) is 23.0 Å². The highest BCUT2D eigenvalue weighted by atomic mass is 16.5. The fraction of sp³-hybridized carbons (Fsp3) is 0.111. The highest BCUT2D eigenvalue weighted by molar-refractivity contribution is 5.96. The van der Waals surface area contributed by atoms with E-state index in [9.17, 15) is 14.9 Å². The Labute approximate surface area is 153 Å². The minimum atomic E-state index is -0.660. The Morgan fingerprint density at radius 3 is 2.63 bits per heavy atom. The third-order valence-corrected chi connectivity index (χ3v) is 3.95. The van der Waals surface area contributed by atoms with Crippen LogP contribution in [0.5, 0.6) is 0 Å². The number of nitrogen functional groups attached to an aromatic ring is 1. The molecule has 3 N–H and O–H groups in total. The number of nitrogens with zero attached hydrogens (tertiary/aromatic N) is 3. The van der Waals surface area contributed by atoms with E-state index in [4.69, 9.17) is 10.5 Å². The highest BCUT2D eigenvalue weighted by Crippen LogP contribution is 2.27. The van der Waals surface area contributed by atoms with Crippen molar-refractivity contribution in [2.75, 3.05) is 20.0 Å². The van der Waals surface area contributed by atoms with Gasteiger partial charge in [-0.2, -0.15) is 10.4 Å². The molecule has 0 atom stereocenters. The number of nitrogens with two attached hydrogens (primary N) is 1. The Kier molecular flexibility index (Phi) is 4.64. The molecule has 0 amide bonds. The number of aromatic amines is 1. The molecule has 136 valence electrons. The Balaban J connectivity index is 2.09. The van der Waals surface area contributed by atoms with Gasteiger partial charge < -0.3 is 19.8 Å². The Morgan fingerprint density at radius 2 is 1.96 bits per heavy atom. The van der Waals surface area contributed by atoms with Crippen molar-refractivity contribution in [3.63, 3.8) is 0 Å². The number of nitriles is 1. The number of methoxy groups -OCH3 is 2. The van der Waals surface area contributed by atoms with Gasteiger partial charge in [0.2, 0.25) is 0 Å². The van der Waals surface area contributed by atoms with Gasteiger partial charge in [-0.1, -0.05) is 12.1 Å². The van der Waals surface area contributed by atoms with E-state index in [1.807, 2.05) is 6.07 Å². The molecule has 0 saturated carbocycles. The van der Waals surface area contributed by atoms with Crippen molar-refractivity contribution in [1.29, 1.82) is 5.26 Å². The first-order valence-electron chi connectivity index (χ1n) is 7.74. The number of hydrogen-bond acceptors (Lipinski definition) is 7. The van der Waals surface area contributed by atoms with Crippen LogP contribution in [0.15, 0.2) is 36.5 Å². The molecule has 9 heteroatoms. The van der Waals surface area contributed by atoms with Gasteiger partial charge in [-0.3, -0.25) is 5.10 Å². The van der Waals surface area contributed by atoms with Crippen LogP contribution < -0.4 is 5.73 Å². The maximum Gasteiger partial charge on any atom is 0.357 e.